The van der Waals surface area contributed by atoms with Gasteiger partial charge >= 0.3 is 6.03 Å². The van der Waals surface area contributed by atoms with Crippen LogP contribution in [0.3, 0.4) is 0 Å². The molecule has 1 aromatic carbocycles. The van der Waals surface area contributed by atoms with Crippen LogP contribution in [-0.4, -0.2) is 74.4 Å². The van der Waals surface area contributed by atoms with Gasteiger partial charge in [-0.15, -0.1) is 0 Å². The van der Waals surface area contributed by atoms with Crippen molar-refractivity contribution < 1.29 is 14.3 Å². The van der Waals surface area contributed by atoms with Gasteiger partial charge in [-0.25, -0.2) is 4.79 Å². The van der Waals surface area contributed by atoms with Gasteiger partial charge in [0.15, 0.2) is 0 Å². The summed E-state index contributed by atoms with van der Waals surface area (Å²) in [4.78, 5) is 16.2. The van der Waals surface area contributed by atoms with Crippen LogP contribution in [-0.2, 0) is 4.74 Å². The molecule has 2 amide bonds. The molecule has 0 aliphatic carbocycles. The highest BCUT2D eigenvalue weighted by Gasteiger charge is 2.28. The summed E-state index contributed by atoms with van der Waals surface area (Å²) in [6, 6.07) is 7.13. The second-order valence-corrected chi connectivity index (χ2v) is 7.23. The Morgan fingerprint density at radius 2 is 2.12 bits per heavy atom. The molecule has 0 bridgehead atoms. The van der Waals surface area contributed by atoms with E-state index in [1.54, 1.807) is 24.1 Å². The first kappa shape index (κ1) is 19.8. The van der Waals surface area contributed by atoms with E-state index in [9.17, 15) is 4.79 Å². The summed E-state index contributed by atoms with van der Waals surface area (Å²) in [6.07, 6.45) is 0. The number of nitrogens with zero attached hydrogens (tertiary/aromatic N) is 2. The molecule has 6 nitrogen and oxygen atoms in total. The SMILES string of the molecule is CN(CCOc1cccc(Cl)c1)C(=O)NCC(C)(C)N1CCOCC1. The van der Waals surface area contributed by atoms with Gasteiger partial charge in [0.1, 0.15) is 12.4 Å². The molecular weight excluding hydrogens is 342 g/mol. The quantitative estimate of drug-likeness (QED) is 0.802. The minimum atomic E-state index is -0.101. The molecular formula is C18H28ClN3O3. The number of urea groups is 1. The zero-order valence-corrected chi connectivity index (χ0v) is 16.0. The van der Waals surface area contributed by atoms with Crippen LogP contribution in [0.5, 0.6) is 5.75 Å². The van der Waals surface area contributed by atoms with Gasteiger partial charge in [0.05, 0.1) is 19.8 Å². The Labute approximate surface area is 155 Å². The molecule has 7 heteroatoms. The van der Waals surface area contributed by atoms with Crippen molar-refractivity contribution in [2.45, 2.75) is 19.4 Å². The molecule has 1 fully saturated rings. The van der Waals surface area contributed by atoms with Crippen LogP contribution in [0.15, 0.2) is 24.3 Å². The van der Waals surface area contributed by atoms with Crippen molar-refractivity contribution in [2.75, 3.05) is 53.0 Å². The van der Waals surface area contributed by atoms with Crippen LogP contribution in [0.1, 0.15) is 13.8 Å². The summed E-state index contributed by atoms with van der Waals surface area (Å²) < 4.78 is 11.0. The van der Waals surface area contributed by atoms with Gasteiger partial charge in [0.2, 0.25) is 0 Å². The van der Waals surface area contributed by atoms with Crippen LogP contribution in [0, 0.1) is 0 Å². The fourth-order valence-corrected chi connectivity index (χ4v) is 2.85. The maximum Gasteiger partial charge on any atom is 0.317 e. The lowest BCUT2D eigenvalue weighted by molar-refractivity contribution is -0.00900. The van der Waals surface area contributed by atoms with Crippen molar-refractivity contribution in [3.63, 3.8) is 0 Å². The predicted octanol–water partition coefficient (Wildman–Crippen LogP) is 2.47. The molecule has 2 rings (SSSR count). The Kier molecular flexibility index (Phi) is 7.35. The first-order valence-electron chi connectivity index (χ1n) is 8.58. The fraction of sp³-hybridized carbons (Fsp3) is 0.611. The molecule has 0 atom stereocenters. The lowest BCUT2D eigenvalue weighted by Crippen LogP contribution is -2.56. The third-order valence-electron chi connectivity index (χ3n) is 4.38. The predicted molar refractivity (Wildman–Crippen MR) is 99.4 cm³/mol. The van der Waals surface area contributed by atoms with E-state index >= 15 is 0 Å². The number of nitrogens with one attached hydrogen (secondary N) is 1. The second kappa shape index (κ2) is 9.27. The molecule has 0 unspecified atom stereocenters. The number of rotatable bonds is 7. The Morgan fingerprint density at radius 1 is 1.40 bits per heavy atom. The van der Waals surface area contributed by atoms with E-state index in [4.69, 9.17) is 21.1 Å². The minimum absolute atomic E-state index is 0.0996. The van der Waals surface area contributed by atoms with Crippen LogP contribution in [0.4, 0.5) is 4.79 Å². The van der Waals surface area contributed by atoms with Crippen molar-refractivity contribution in [1.82, 2.24) is 15.1 Å². The van der Waals surface area contributed by atoms with Crippen molar-refractivity contribution in [2.24, 2.45) is 0 Å². The molecule has 0 aromatic heterocycles. The monoisotopic (exact) mass is 369 g/mol. The Morgan fingerprint density at radius 3 is 2.80 bits per heavy atom. The Bertz CT molecular complexity index is 562. The molecule has 0 saturated carbocycles. The van der Waals surface area contributed by atoms with Crippen LogP contribution in [0.2, 0.25) is 5.02 Å². The molecule has 0 spiro atoms. The largest absolute Gasteiger partial charge is 0.492 e. The summed E-state index contributed by atoms with van der Waals surface area (Å²) in [7, 11) is 1.76. The molecule has 1 aliphatic rings. The van der Waals surface area contributed by atoms with Crippen molar-refractivity contribution in [1.29, 1.82) is 0 Å². The summed E-state index contributed by atoms with van der Waals surface area (Å²) in [5, 5.41) is 3.64. The van der Waals surface area contributed by atoms with E-state index in [2.05, 4.69) is 24.1 Å². The third kappa shape index (κ3) is 6.38. The van der Waals surface area contributed by atoms with E-state index in [-0.39, 0.29) is 11.6 Å². The Balaban J connectivity index is 1.70. The van der Waals surface area contributed by atoms with E-state index in [0.717, 1.165) is 26.3 Å². The average molecular weight is 370 g/mol. The minimum Gasteiger partial charge on any atom is -0.492 e. The van der Waals surface area contributed by atoms with Gasteiger partial charge in [-0.3, -0.25) is 4.90 Å². The molecule has 140 valence electrons. The van der Waals surface area contributed by atoms with Gasteiger partial charge in [0.25, 0.3) is 0 Å². The first-order valence-corrected chi connectivity index (χ1v) is 8.96. The van der Waals surface area contributed by atoms with Gasteiger partial charge in [-0.1, -0.05) is 17.7 Å². The lowest BCUT2D eigenvalue weighted by Gasteiger charge is -2.41. The highest BCUT2D eigenvalue weighted by atomic mass is 35.5. The van der Waals surface area contributed by atoms with Crippen molar-refractivity contribution in [3.05, 3.63) is 29.3 Å². The van der Waals surface area contributed by atoms with Crippen LogP contribution < -0.4 is 10.1 Å². The third-order valence-corrected chi connectivity index (χ3v) is 4.61. The van der Waals surface area contributed by atoms with Crippen molar-refractivity contribution in [3.8, 4) is 5.75 Å². The number of morpholine rings is 1. The summed E-state index contributed by atoms with van der Waals surface area (Å²) >= 11 is 5.92. The number of carbonyl (C=O) groups is 1. The van der Waals surface area contributed by atoms with Gasteiger partial charge in [0, 0.05) is 37.2 Å². The number of benzene rings is 1. The van der Waals surface area contributed by atoms with E-state index in [1.807, 2.05) is 12.1 Å². The number of halogens is 1. The van der Waals surface area contributed by atoms with Crippen LogP contribution in [0.25, 0.3) is 0 Å². The highest BCUT2D eigenvalue weighted by Crippen LogP contribution is 2.17. The summed E-state index contributed by atoms with van der Waals surface area (Å²) in [5.41, 5.74) is -0.0996. The number of carbonyl (C=O) groups excluding carboxylic acids is 1. The molecule has 1 N–H and O–H groups in total. The zero-order valence-electron chi connectivity index (χ0n) is 15.3. The van der Waals surface area contributed by atoms with E-state index < -0.39 is 0 Å². The number of hydrogen-bond acceptors (Lipinski definition) is 4. The summed E-state index contributed by atoms with van der Waals surface area (Å²) in [5.74, 6) is 0.703. The van der Waals surface area contributed by atoms with E-state index in [0.29, 0.717) is 30.5 Å². The van der Waals surface area contributed by atoms with Gasteiger partial charge in [-0.2, -0.15) is 0 Å². The topological polar surface area (TPSA) is 54.0 Å². The maximum atomic E-state index is 12.3. The fourth-order valence-electron chi connectivity index (χ4n) is 2.67. The second-order valence-electron chi connectivity index (χ2n) is 6.80. The smallest absolute Gasteiger partial charge is 0.317 e. The number of likely N-dealkylation sites (N-methyl/N-ethyl adjacent to an activating group) is 1. The van der Waals surface area contributed by atoms with Crippen molar-refractivity contribution >= 4 is 17.6 Å². The van der Waals surface area contributed by atoms with Crippen LogP contribution >= 0.6 is 11.6 Å². The standard InChI is InChI=1S/C18H28ClN3O3/c1-18(2,22-8-10-24-11-9-22)14-20-17(23)21(3)7-12-25-16-6-4-5-15(19)13-16/h4-6,13H,7-12,14H2,1-3H3,(H,20,23). The number of amides is 2. The molecule has 1 saturated heterocycles. The van der Waals surface area contributed by atoms with Gasteiger partial charge in [-0.05, 0) is 32.0 Å². The molecule has 1 aromatic rings. The molecule has 1 aliphatic heterocycles. The zero-order chi connectivity index (χ0) is 18.3. The normalized spacial score (nSPS) is 15.7. The number of ether oxygens (including phenoxy) is 2. The maximum absolute atomic E-state index is 12.3. The average Bonchev–Trinajstić information content (AvgIpc) is 2.60. The molecule has 25 heavy (non-hydrogen) atoms. The Hall–Kier alpha value is -1.50. The summed E-state index contributed by atoms with van der Waals surface area (Å²) in [6.45, 7) is 9.06. The molecule has 0 radical (unpaired) electrons. The highest BCUT2D eigenvalue weighted by molar-refractivity contribution is 6.30. The first-order chi connectivity index (χ1) is 11.9. The van der Waals surface area contributed by atoms with Gasteiger partial charge < -0.3 is 19.7 Å². The lowest BCUT2D eigenvalue weighted by atomic mass is 10.0. The van der Waals surface area contributed by atoms with E-state index in [1.165, 1.54) is 0 Å². The number of hydrogen-bond donors (Lipinski definition) is 1. The molecule has 1 heterocycles.